The topological polar surface area (TPSA) is 118 Å². The van der Waals surface area contributed by atoms with Crippen molar-refractivity contribution in [2.45, 2.75) is 0 Å². The number of piperazine rings is 1. The largest absolute Gasteiger partial charge is 0.381 e. The van der Waals surface area contributed by atoms with Gasteiger partial charge in [-0.1, -0.05) is 12.1 Å². The van der Waals surface area contributed by atoms with Crippen molar-refractivity contribution in [3.63, 3.8) is 0 Å². The number of halogens is 1. The minimum Gasteiger partial charge on any atom is -0.381 e. The van der Waals surface area contributed by atoms with Gasteiger partial charge < -0.3 is 20.9 Å². The molecule has 1 aliphatic rings. The van der Waals surface area contributed by atoms with Gasteiger partial charge in [0, 0.05) is 49.8 Å². The second-order valence-corrected chi connectivity index (χ2v) is 8.28. The molecular formula is C24H24FN9O. The number of carbonyl (C=O) groups excluding carboxylic acids is 1. The third kappa shape index (κ3) is 4.80. The molecule has 1 aromatic carbocycles. The fraction of sp³-hybridized carbons (Fsp3) is 0.208. The first-order chi connectivity index (χ1) is 17.0. The van der Waals surface area contributed by atoms with Crippen LogP contribution in [0.25, 0.3) is 17.1 Å². The molecule has 1 amide bonds. The molecule has 4 heterocycles. The van der Waals surface area contributed by atoms with Crippen molar-refractivity contribution in [3.8, 4) is 17.1 Å². The third-order valence-electron chi connectivity index (χ3n) is 5.90. The SMILES string of the molecule is CN1CCN(c2ccc(-c3cnc(N)c(-n4cc(C(=O)Nc5ccncc5F)cn4)n3)cc2)CC1. The van der Waals surface area contributed by atoms with Crippen LogP contribution in [0.5, 0.6) is 0 Å². The van der Waals surface area contributed by atoms with Gasteiger partial charge in [0.1, 0.15) is 0 Å². The van der Waals surface area contributed by atoms with E-state index in [1.54, 1.807) is 6.20 Å². The normalized spacial score (nSPS) is 14.2. The number of benzene rings is 1. The molecule has 0 aliphatic carbocycles. The van der Waals surface area contributed by atoms with Crippen molar-refractivity contribution in [2.75, 3.05) is 49.2 Å². The number of rotatable bonds is 5. The summed E-state index contributed by atoms with van der Waals surface area (Å²) in [5.41, 5.74) is 8.97. The molecule has 0 bridgehead atoms. The van der Waals surface area contributed by atoms with Gasteiger partial charge in [-0.15, -0.1) is 0 Å². The van der Waals surface area contributed by atoms with Gasteiger partial charge in [-0.25, -0.2) is 19.0 Å². The van der Waals surface area contributed by atoms with E-state index < -0.39 is 11.7 Å². The Labute approximate surface area is 201 Å². The third-order valence-corrected chi connectivity index (χ3v) is 5.90. The Hall–Kier alpha value is -4.38. The van der Waals surface area contributed by atoms with Crippen LogP contribution in [0.3, 0.4) is 0 Å². The van der Waals surface area contributed by atoms with Gasteiger partial charge in [0.2, 0.25) is 0 Å². The van der Waals surface area contributed by atoms with Crippen LogP contribution in [-0.2, 0) is 0 Å². The average molecular weight is 474 g/mol. The molecule has 11 heteroatoms. The maximum Gasteiger partial charge on any atom is 0.258 e. The standard InChI is InChI=1S/C24H24FN9O/c1-32-8-10-33(11-9-32)18-4-2-16(3-5-18)21-14-28-22(26)23(30-21)34-15-17(12-29-34)24(35)31-20-6-7-27-13-19(20)25/h2-7,12-15H,8-11H2,1H3,(H2,26,28)(H,27,31,35). The average Bonchev–Trinajstić information content (AvgIpc) is 3.37. The molecule has 35 heavy (non-hydrogen) atoms. The summed E-state index contributed by atoms with van der Waals surface area (Å²) in [4.78, 5) is 29.8. The highest BCUT2D eigenvalue weighted by Gasteiger charge is 2.17. The lowest BCUT2D eigenvalue weighted by atomic mass is 10.1. The van der Waals surface area contributed by atoms with Crippen LogP contribution in [0.1, 0.15) is 10.4 Å². The quantitative estimate of drug-likeness (QED) is 0.454. The molecule has 10 nitrogen and oxygen atoms in total. The van der Waals surface area contributed by atoms with Crippen LogP contribution in [0.4, 0.5) is 21.6 Å². The van der Waals surface area contributed by atoms with Gasteiger partial charge in [-0.2, -0.15) is 5.10 Å². The van der Waals surface area contributed by atoms with Crippen LogP contribution >= 0.6 is 0 Å². The van der Waals surface area contributed by atoms with E-state index in [4.69, 9.17) is 5.73 Å². The number of hydrogen-bond acceptors (Lipinski definition) is 8. The lowest BCUT2D eigenvalue weighted by Crippen LogP contribution is -2.44. The number of nitrogens with zero attached hydrogens (tertiary/aromatic N) is 7. The maximum atomic E-state index is 13.8. The summed E-state index contributed by atoms with van der Waals surface area (Å²) >= 11 is 0. The van der Waals surface area contributed by atoms with E-state index in [9.17, 15) is 9.18 Å². The molecule has 1 fully saturated rings. The molecule has 5 rings (SSSR count). The number of anilines is 3. The van der Waals surface area contributed by atoms with E-state index in [2.05, 4.69) is 54.3 Å². The molecule has 0 radical (unpaired) electrons. The summed E-state index contributed by atoms with van der Waals surface area (Å²) < 4.78 is 15.2. The van der Waals surface area contributed by atoms with E-state index in [1.807, 2.05) is 12.1 Å². The highest BCUT2D eigenvalue weighted by atomic mass is 19.1. The first-order valence-electron chi connectivity index (χ1n) is 11.1. The molecule has 1 aliphatic heterocycles. The molecule has 0 spiro atoms. The van der Waals surface area contributed by atoms with E-state index in [-0.39, 0.29) is 17.1 Å². The minimum atomic E-state index is -0.630. The summed E-state index contributed by atoms with van der Waals surface area (Å²) in [5, 5.41) is 6.70. The number of nitrogens with one attached hydrogen (secondary N) is 1. The van der Waals surface area contributed by atoms with Gasteiger partial charge >= 0.3 is 0 Å². The molecule has 3 N–H and O–H groups in total. The van der Waals surface area contributed by atoms with Crippen LogP contribution in [0.2, 0.25) is 0 Å². The number of pyridine rings is 1. The van der Waals surface area contributed by atoms with Gasteiger partial charge in [0.25, 0.3) is 5.91 Å². The van der Waals surface area contributed by atoms with Gasteiger partial charge in [0.15, 0.2) is 17.5 Å². The zero-order valence-electron chi connectivity index (χ0n) is 19.1. The Kier molecular flexibility index (Phi) is 6.06. The number of likely N-dealkylation sites (N-methyl/N-ethyl adjacent to an activating group) is 1. The van der Waals surface area contributed by atoms with E-state index in [0.29, 0.717) is 11.5 Å². The molecule has 4 aromatic rings. The lowest BCUT2D eigenvalue weighted by molar-refractivity contribution is 0.102. The summed E-state index contributed by atoms with van der Waals surface area (Å²) in [6.07, 6.45) is 6.84. The molecule has 1 saturated heterocycles. The predicted octanol–water partition coefficient (Wildman–Crippen LogP) is 2.45. The Morgan fingerprint density at radius 3 is 2.57 bits per heavy atom. The monoisotopic (exact) mass is 473 g/mol. The van der Waals surface area contributed by atoms with Crippen LogP contribution in [0, 0.1) is 5.82 Å². The van der Waals surface area contributed by atoms with Crippen molar-refractivity contribution in [2.24, 2.45) is 0 Å². The Balaban J connectivity index is 1.35. The molecule has 0 atom stereocenters. The molecule has 3 aromatic heterocycles. The highest BCUT2D eigenvalue weighted by Crippen LogP contribution is 2.24. The summed E-state index contributed by atoms with van der Waals surface area (Å²) in [6, 6.07) is 9.53. The van der Waals surface area contributed by atoms with Crippen molar-refractivity contribution < 1.29 is 9.18 Å². The van der Waals surface area contributed by atoms with E-state index >= 15 is 0 Å². The summed E-state index contributed by atoms with van der Waals surface area (Å²) in [5.74, 6) is -0.698. The zero-order valence-corrected chi connectivity index (χ0v) is 19.1. The van der Waals surface area contributed by atoms with Gasteiger partial charge in [-0.3, -0.25) is 9.78 Å². The van der Waals surface area contributed by atoms with Gasteiger partial charge in [-0.05, 0) is 25.2 Å². The number of amides is 1. The first-order valence-corrected chi connectivity index (χ1v) is 11.1. The molecule has 178 valence electrons. The van der Waals surface area contributed by atoms with Crippen LogP contribution in [0.15, 0.2) is 61.3 Å². The Morgan fingerprint density at radius 2 is 1.83 bits per heavy atom. The Bertz CT molecular complexity index is 1350. The molecule has 0 unspecified atom stereocenters. The van der Waals surface area contributed by atoms with Crippen molar-refractivity contribution >= 4 is 23.1 Å². The second kappa shape index (κ2) is 9.47. The fourth-order valence-corrected chi connectivity index (χ4v) is 3.83. The molecular weight excluding hydrogens is 449 g/mol. The van der Waals surface area contributed by atoms with Crippen molar-refractivity contribution in [1.82, 2.24) is 29.6 Å². The Morgan fingerprint density at radius 1 is 1.06 bits per heavy atom. The maximum absolute atomic E-state index is 13.8. The van der Waals surface area contributed by atoms with Crippen molar-refractivity contribution in [1.29, 1.82) is 0 Å². The number of nitrogens with two attached hydrogens (primary N) is 1. The van der Waals surface area contributed by atoms with E-state index in [0.717, 1.165) is 37.9 Å². The van der Waals surface area contributed by atoms with Gasteiger partial charge in [0.05, 0.1) is 35.5 Å². The van der Waals surface area contributed by atoms with E-state index in [1.165, 1.54) is 35.0 Å². The molecule has 0 saturated carbocycles. The van der Waals surface area contributed by atoms with Crippen LogP contribution in [-0.4, -0.2) is 68.8 Å². The van der Waals surface area contributed by atoms with Crippen molar-refractivity contribution in [3.05, 3.63) is 72.7 Å². The zero-order chi connectivity index (χ0) is 24.4. The lowest BCUT2D eigenvalue weighted by Gasteiger charge is -2.34. The summed E-state index contributed by atoms with van der Waals surface area (Å²) in [6.45, 7) is 4.06. The first kappa shape index (κ1) is 22.4. The number of nitrogen functional groups attached to an aromatic ring is 1. The predicted molar refractivity (Wildman–Crippen MR) is 131 cm³/mol. The highest BCUT2D eigenvalue weighted by molar-refractivity contribution is 6.04. The number of aromatic nitrogens is 5. The number of carbonyl (C=O) groups is 1. The fourth-order valence-electron chi connectivity index (χ4n) is 3.83. The minimum absolute atomic E-state index is 0.0269. The smallest absolute Gasteiger partial charge is 0.258 e. The summed E-state index contributed by atoms with van der Waals surface area (Å²) in [7, 11) is 2.13. The second-order valence-electron chi connectivity index (χ2n) is 8.28. The van der Waals surface area contributed by atoms with Crippen LogP contribution < -0.4 is 16.0 Å². The number of hydrogen-bond donors (Lipinski definition) is 2.